The van der Waals surface area contributed by atoms with Crippen LogP contribution in [0.3, 0.4) is 0 Å². The Balaban J connectivity index is 1.53. The third-order valence-corrected chi connectivity index (χ3v) is 7.44. The maximum absolute atomic E-state index is 12.8. The molecule has 32 heavy (non-hydrogen) atoms. The summed E-state index contributed by atoms with van der Waals surface area (Å²) in [5, 5.41) is 0. The first-order chi connectivity index (χ1) is 15.4. The van der Waals surface area contributed by atoms with Crippen molar-refractivity contribution < 1.29 is 8.42 Å². The van der Waals surface area contributed by atoms with E-state index in [2.05, 4.69) is 57.0 Å². The smallest absolute Gasteiger partial charge is 0.212 e. The van der Waals surface area contributed by atoms with E-state index in [0.717, 1.165) is 29.8 Å². The van der Waals surface area contributed by atoms with Crippen LogP contribution in [-0.4, -0.2) is 41.4 Å². The largest absolute Gasteiger partial charge is 0.378 e. The molecule has 0 saturated heterocycles. The number of para-hydroxylation sites is 1. The average Bonchev–Trinajstić information content (AvgIpc) is 3.23. The molecular formula is C26H31N3O2S. The number of benzene rings is 3. The lowest BCUT2D eigenvalue weighted by atomic mass is 10.0. The van der Waals surface area contributed by atoms with Crippen molar-refractivity contribution in [2.75, 3.05) is 42.7 Å². The summed E-state index contributed by atoms with van der Waals surface area (Å²) < 4.78 is 28.5. The van der Waals surface area contributed by atoms with Crippen LogP contribution in [0.1, 0.15) is 22.7 Å². The zero-order valence-electron chi connectivity index (χ0n) is 18.7. The van der Waals surface area contributed by atoms with Gasteiger partial charge in [-0.3, -0.25) is 0 Å². The maximum Gasteiger partial charge on any atom is 0.212 e. The second kappa shape index (κ2) is 9.76. The Kier molecular flexibility index (Phi) is 6.82. The van der Waals surface area contributed by atoms with E-state index in [0.29, 0.717) is 13.0 Å². The van der Waals surface area contributed by atoms with Crippen LogP contribution in [0.4, 0.5) is 11.4 Å². The summed E-state index contributed by atoms with van der Waals surface area (Å²) >= 11 is 0. The lowest BCUT2D eigenvalue weighted by molar-refractivity contribution is 0.562. The third-order valence-electron chi connectivity index (χ3n) is 6.09. The van der Waals surface area contributed by atoms with Crippen LogP contribution in [0.15, 0.2) is 78.9 Å². The van der Waals surface area contributed by atoms with E-state index in [4.69, 9.17) is 0 Å². The summed E-state index contributed by atoms with van der Waals surface area (Å²) in [6.07, 6.45) is 1.48. The Hall–Kier alpha value is -2.83. The zero-order chi connectivity index (χ0) is 22.6. The summed E-state index contributed by atoms with van der Waals surface area (Å²) in [6, 6.07) is 26.5. The molecule has 5 nitrogen and oxygen atoms in total. The molecule has 4 rings (SSSR count). The van der Waals surface area contributed by atoms with Crippen molar-refractivity contribution in [1.29, 1.82) is 0 Å². The van der Waals surface area contributed by atoms with Crippen molar-refractivity contribution in [2.45, 2.75) is 18.9 Å². The number of nitrogens with zero attached hydrogens (tertiary/aromatic N) is 2. The van der Waals surface area contributed by atoms with Crippen molar-refractivity contribution in [2.24, 2.45) is 0 Å². The lowest BCUT2D eigenvalue weighted by Gasteiger charge is -2.31. The molecule has 0 radical (unpaired) electrons. The van der Waals surface area contributed by atoms with Gasteiger partial charge in [0.2, 0.25) is 10.0 Å². The SMILES string of the molecule is CN(C)c1ccc([C@H](CNS(=O)(=O)CCc2ccccc2)N2CCc3ccccc32)cc1. The minimum atomic E-state index is -3.40. The van der Waals surface area contributed by atoms with Crippen LogP contribution in [0.25, 0.3) is 0 Å². The molecule has 168 valence electrons. The van der Waals surface area contributed by atoms with Crippen molar-refractivity contribution in [1.82, 2.24) is 4.72 Å². The second-order valence-electron chi connectivity index (χ2n) is 8.48. The van der Waals surface area contributed by atoms with E-state index in [9.17, 15) is 8.42 Å². The molecule has 0 spiro atoms. The number of hydrogen-bond donors (Lipinski definition) is 1. The molecule has 0 fully saturated rings. The minimum Gasteiger partial charge on any atom is -0.378 e. The van der Waals surface area contributed by atoms with Crippen LogP contribution < -0.4 is 14.5 Å². The molecule has 0 aromatic heterocycles. The van der Waals surface area contributed by atoms with Gasteiger partial charge in [0.15, 0.2) is 0 Å². The number of rotatable bonds is 9. The van der Waals surface area contributed by atoms with Gasteiger partial charge in [-0.1, -0.05) is 60.7 Å². The molecule has 1 atom stereocenters. The van der Waals surface area contributed by atoms with Crippen molar-refractivity contribution in [3.8, 4) is 0 Å². The third kappa shape index (κ3) is 5.31. The molecule has 1 N–H and O–H groups in total. The van der Waals surface area contributed by atoms with Crippen LogP contribution in [-0.2, 0) is 22.9 Å². The first-order valence-electron chi connectivity index (χ1n) is 11.1. The zero-order valence-corrected chi connectivity index (χ0v) is 19.6. The first kappa shape index (κ1) is 22.4. The Bertz CT molecular complexity index is 1130. The van der Waals surface area contributed by atoms with Gasteiger partial charge in [-0.2, -0.15) is 0 Å². The first-order valence-corrected chi connectivity index (χ1v) is 12.7. The normalized spacial score (nSPS) is 14.2. The van der Waals surface area contributed by atoms with Gasteiger partial charge in [0.1, 0.15) is 0 Å². The molecule has 0 bridgehead atoms. The highest BCUT2D eigenvalue weighted by atomic mass is 32.2. The topological polar surface area (TPSA) is 52.7 Å². The highest BCUT2D eigenvalue weighted by molar-refractivity contribution is 7.89. The van der Waals surface area contributed by atoms with Gasteiger partial charge in [-0.05, 0) is 47.7 Å². The molecule has 3 aromatic rings. The van der Waals surface area contributed by atoms with Gasteiger partial charge in [0.25, 0.3) is 0 Å². The van der Waals surface area contributed by atoms with E-state index in [-0.39, 0.29) is 11.8 Å². The number of nitrogens with one attached hydrogen (secondary N) is 1. The second-order valence-corrected chi connectivity index (χ2v) is 10.4. The molecule has 0 unspecified atom stereocenters. The fourth-order valence-corrected chi connectivity index (χ4v) is 5.33. The molecule has 6 heteroatoms. The van der Waals surface area contributed by atoms with E-state index in [1.165, 1.54) is 11.3 Å². The highest BCUT2D eigenvalue weighted by Gasteiger charge is 2.28. The average molecular weight is 450 g/mol. The summed E-state index contributed by atoms with van der Waals surface area (Å²) in [6.45, 7) is 1.22. The maximum atomic E-state index is 12.8. The lowest BCUT2D eigenvalue weighted by Crippen LogP contribution is -2.38. The van der Waals surface area contributed by atoms with Crippen LogP contribution >= 0.6 is 0 Å². The number of anilines is 2. The van der Waals surface area contributed by atoms with Gasteiger partial charge < -0.3 is 9.80 Å². The molecule has 1 aliphatic rings. The Morgan fingerprint density at radius 2 is 1.62 bits per heavy atom. The summed E-state index contributed by atoms with van der Waals surface area (Å²) in [5.74, 6) is 0.0832. The standard InChI is InChI=1S/C26H31N3O2S/c1-28(2)24-14-12-23(13-15-24)26(29-18-16-22-10-6-7-11-25(22)29)20-27-32(30,31)19-17-21-8-4-3-5-9-21/h3-15,26-27H,16-20H2,1-2H3/t26-/m0/s1. The predicted octanol–water partition coefficient (Wildman–Crippen LogP) is 4.02. The Morgan fingerprint density at radius 3 is 2.34 bits per heavy atom. The fraction of sp³-hybridized carbons (Fsp3) is 0.308. The molecule has 1 heterocycles. The Morgan fingerprint density at radius 1 is 0.938 bits per heavy atom. The molecular weight excluding hydrogens is 418 g/mol. The summed E-state index contributed by atoms with van der Waals surface area (Å²) in [7, 11) is 0.640. The number of aryl methyl sites for hydroxylation is 1. The van der Waals surface area contributed by atoms with Gasteiger partial charge in [-0.25, -0.2) is 13.1 Å². The van der Waals surface area contributed by atoms with Gasteiger partial charge in [0.05, 0.1) is 11.8 Å². The molecule has 0 amide bonds. The summed E-state index contributed by atoms with van der Waals surface area (Å²) in [5.41, 5.74) is 5.77. The predicted molar refractivity (Wildman–Crippen MR) is 133 cm³/mol. The minimum absolute atomic E-state index is 0.0682. The van der Waals surface area contributed by atoms with Crippen molar-refractivity contribution in [3.63, 3.8) is 0 Å². The monoisotopic (exact) mass is 449 g/mol. The van der Waals surface area contributed by atoms with Gasteiger partial charge >= 0.3 is 0 Å². The molecule has 1 aliphatic heterocycles. The number of sulfonamides is 1. The number of fused-ring (bicyclic) bond motifs is 1. The molecule has 0 aliphatic carbocycles. The van der Waals surface area contributed by atoms with Crippen LogP contribution in [0.2, 0.25) is 0 Å². The molecule has 0 saturated carbocycles. The van der Waals surface area contributed by atoms with Crippen molar-refractivity contribution >= 4 is 21.4 Å². The van der Waals surface area contributed by atoms with E-state index in [1.807, 2.05) is 50.5 Å². The van der Waals surface area contributed by atoms with E-state index < -0.39 is 10.0 Å². The molecule has 3 aromatic carbocycles. The van der Waals surface area contributed by atoms with E-state index >= 15 is 0 Å². The number of hydrogen-bond acceptors (Lipinski definition) is 4. The Labute approximate surface area is 191 Å². The van der Waals surface area contributed by atoms with Gasteiger partial charge in [0, 0.05) is 38.6 Å². The fourth-order valence-electron chi connectivity index (χ4n) is 4.27. The summed E-state index contributed by atoms with van der Waals surface area (Å²) in [4.78, 5) is 4.40. The van der Waals surface area contributed by atoms with E-state index in [1.54, 1.807) is 0 Å². The van der Waals surface area contributed by atoms with Crippen molar-refractivity contribution in [3.05, 3.63) is 95.6 Å². The van der Waals surface area contributed by atoms with Crippen LogP contribution in [0.5, 0.6) is 0 Å². The quantitative estimate of drug-likeness (QED) is 0.536. The van der Waals surface area contributed by atoms with Gasteiger partial charge in [-0.15, -0.1) is 0 Å². The van der Waals surface area contributed by atoms with Crippen LogP contribution in [0, 0.1) is 0 Å². The highest BCUT2D eigenvalue weighted by Crippen LogP contribution is 2.35.